The third kappa shape index (κ3) is 3.03. The van der Waals surface area contributed by atoms with Crippen molar-refractivity contribution in [2.24, 2.45) is 0 Å². The number of halogens is 2. The predicted octanol–water partition coefficient (Wildman–Crippen LogP) is 3.09. The summed E-state index contributed by atoms with van der Waals surface area (Å²) >= 11 is 8.41. The van der Waals surface area contributed by atoms with Crippen LogP contribution in [0.25, 0.3) is 0 Å². The molecule has 3 rings (SSSR count). The molecular formula is C18H16BrFN2O3S. The zero-order chi connectivity index (χ0) is 19.1. The second-order valence-corrected chi connectivity index (χ2v) is 7.25. The number of hydrogen-bond acceptors (Lipinski definition) is 4. The minimum absolute atomic E-state index is 0.0261. The van der Waals surface area contributed by atoms with Gasteiger partial charge in [-0.2, -0.15) is 0 Å². The fourth-order valence-electron chi connectivity index (χ4n) is 3.03. The Labute approximate surface area is 163 Å². The summed E-state index contributed by atoms with van der Waals surface area (Å²) in [6, 6.07) is 9.33. The van der Waals surface area contributed by atoms with Gasteiger partial charge in [-0.3, -0.25) is 9.69 Å². The number of ether oxygens (including phenoxy) is 1. The topological polar surface area (TPSA) is 61.8 Å². The molecule has 2 aromatic carbocycles. The normalized spacial score (nSPS) is 19.6. The zero-order valence-corrected chi connectivity index (χ0v) is 16.4. The van der Waals surface area contributed by atoms with Crippen molar-refractivity contribution in [2.45, 2.75) is 12.0 Å². The molecule has 1 atom stereocenters. The third-order valence-corrected chi connectivity index (χ3v) is 5.40. The maximum absolute atomic E-state index is 13.7. The van der Waals surface area contributed by atoms with E-state index in [2.05, 4.69) is 21.2 Å². The highest BCUT2D eigenvalue weighted by atomic mass is 79.9. The predicted molar refractivity (Wildman–Crippen MR) is 103 cm³/mol. The molecule has 0 aromatic heterocycles. The van der Waals surface area contributed by atoms with Crippen LogP contribution in [0.15, 0.2) is 40.9 Å². The number of nitrogens with one attached hydrogen (secondary N) is 1. The second kappa shape index (κ2) is 6.85. The molecule has 0 saturated carbocycles. The van der Waals surface area contributed by atoms with Gasteiger partial charge in [0.15, 0.2) is 16.6 Å². The first-order valence-electron chi connectivity index (χ1n) is 7.70. The molecule has 1 fully saturated rings. The van der Waals surface area contributed by atoms with Gasteiger partial charge in [0.1, 0.15) is 11.4 Å². The zero-order valence-electron chi connectivity index (χ0n) is 14.0. The highest BCUT2D eigenvalue weighted by molar-refractivity contribution is 9.10. The lowest BCUT2D eigenvalue weighted by atomic mass is 9.83. The van der Waals surface area contributed by atoms with Gasteiger partial charge in [0.05, 0.1) is 11.6 Å². The third-order valence-electron chi connectivity index (χ3n) is 4.42. The van der Waals surface area contributed by atoms with Crippen LogP contribution < -0.4 is 10.1 Å². The largest absolute Gasteiger partial charge is 0.504 e. The van der Waals surface area contributed by atoms with E-state index in [-0.39, 0.29) is 27.7 Å². The Balaban J connectivity index is 2.10. The van der Waals surface area contributed by atoms with Crippen LogP contribution in [-0.2, 0) is 16.8 Å². The molecule has 8 heteroatoms. The van der Waals surface area contributed by atoms with Gasteiger partial charge in [-0.05, 0) is 63.5 Å². The van der Waals surface area contributed by atoms with Crippen LogP contribution in [0.2, 0.25) is 0 Å². The van der Waals surface area contributed by atoms with Gasteiger partial charge in [0.25, 0.3) is 5.91 Å². The van der Waals surface area contributed by atoms with Crippen molar-refractivity contribution in [3.63, 3.8) is 0 Å². The Morgan fingerprint density at radius 1 is 1.35 bits per heavy atom. The monoisotopic (exact) mass is 438 g/mol. The number of carbonyl (C=O) groups excluding carboxylic acids is 1. The number of hydrogen-bond donors (Lipinski definition) is 2. The summed E-state index contributed by atoms with van der Waals surface area (Å²) in [5.74, 6) is -0.365. The fraction of sp³-hybridized carbons (Fsp3) is 0.222. The van der Waals surface area contributed by atoms with Crippen LogP contribution in [0.4, 0.5) is 4.39 Å². The molecule has 1 aliphatic heterocycles. The first-order valence-corrected chi connectivity index (χ1v) is 8.90. The molecule has 1 amide bonds. The Morgan fingerprint density at radius 3 is 2.62 bits per heavy atom. The van der Waals surface area contributed by atoms with Crippen LogP contribution >= 0.6 is 28.1 Å². The number of benzene rings is 2. The molecule has 1 aliphatic rings. The van der Waals surface area contributed by atoms with E-state index in [1.807, 2.05) is 0 Å². The van der Waals surface area contributed by atoms with Gasteiger partial charge in [0, 0.05) is 13.5 Å². The molecule has 0 bridgehead atoms. The minimum atomic E-state index is -1.19. The van der Waals surface area contributed by atoms with Crippen molar-refractivity contribution in [2.75, 3.05) is 14.2 Å². The molecule has 2 N–H and O–H groups in total. The van der Waals surface area contributed by atoms with Gasteiger partial charge >= 0.3 is 0 Å². The van der Waals surface area contributed by atoms with Crippen molar-refractivity contribution in [3.05, 3.63) is 57.8 Å². The molecule has 0 radical (unpaired) electrons. The summed E-state index contributed by atoms with van der Waals surface area (Å²) in [5, 5.41) is 13.4. The summed E-state index contributed by atoms with van der Waals surface area (Å²) in [6.07, 6.45) is 0.214. The maximum atomic E-state index is 13.7. The molecule has 26 heavy (non-hydrogen) atoms. The number of carbonyl (C=O) groups is 1. The first kappa shape index (κ1) is 18.6. The van der Waals surface area contributed by atoms with E-state index >= 15 is 0 Å². The SMILES string of the molecule is COc1ccc(CC2(c3ccc(F)c(Br)c3)NC(=S)N(C)C2=O)cc1O. The van der Waals surface area contributed by atoms with Crippen LogP contribution in [0, 0.1) is 5.82 Å². The van der Waals surface area contributed by atoms with Crippen molar-refractivity contribution >= 4 is 39.2 Å². The molecule has 1 saturated heterocycles. The molecule has 2 aromatic rings. The van der Waals surface area contributed by atoms with Gasteiger partial charge in [-0.25, -0.2) is 4.39 Å². The smallest absolute Gasteiger partial charge is 0.259 e. The van der Waals surface area contributed by atoms with Crippen LogP contribution in [0.1, 0.15) is 11.1 Å². The van der Waals surface area contributed by atoms with Gasteiger partial charge in [-0.1, -0.05) is 12.1 Å². The lowest BCUT2D eigenvalue weighted by Crippen LogP contribution is -2.46. The number of thiocarbonyl (C=S) groups is 1. The summed E-state index contributed by atoms with van der Waals surface area (Å²) in [6.45, 7) is 0. The van der Waals surface area contributed by atoms with Crippen molar-refractivity contribution in [1.29, 1.82) is 0 Å². The molecule has 1 unspecified atom stereocenters. The van der Waals surface area contributed by atoms with E-state index in [1.54, 1.807) is 31.3 Å². The Morgan fingerprint density at radius 2 is 2.08 bits per heavy atom. The Hall–Kier alpha value is -2.19. The van der Waals surface area contributed by atoms with Crippen molar-refractivity contribution < 1.29 is 19.0 Å². The average molecular weight is 439 g/mol. The second-order valence-electron chi connectivity index (χ2n) is 6.01. The van der Waals surface area contributed by atoms with Gasteiger partial charge in [0.2, 0.25) is 0 Å². The van der Waals surface area contributed by atoms with Crippen molar-refractivity contribution in [1.82, 2.24) is 10.2 Å². The van der Waals surface area contributed by atoms with Crippen LogP contribution in [0.3, 0.4) is 0 Å². The van der Waals surface area contributed by atoms with E-state index in [0.717, 1.165) is 0 Å². The highest BCUT2D eigenvalue weighted by Gasteiger charge is 2.49. The molecule has 5 nitrogen and oxygen atoms in total. The number of phenolic OH excluding ortho intramolecular Hbond substituents is 1. The number of amides is 1. The molecule has 0 aliphatic carbocycles. The minimum Gasteiger partial charge on any atom is -0.504 e. The highest BCUT2D eigenvalue weighted by Crippen LogP contribution is 2.36. The molecular weight excluding hydrogens is 423 g/mol. The quantitative estimate of drug-likeness (QED) is 0.718. The van der Waals surface area contributed by atoms with E-state index in [0.29, 0.717) is 16.9 Å². The Kier molecular flexibility index (Phi) is 4.90. The lowest BCUT2D eigenvalue weighted by molar-refractivity contribution is -0.130. The first-order chi connectivity index (χ1) is 12.3. The van der Waals surface area contributed by atoms with Crippen molar-refractivity contribution in [3.8, 4) is 11.5 Å². The standard InChI is InChI=1S/C18H16BrFN2O3S/c1-22-16(24)18(21-17(22)26,11-4-5-13(20)12(19)8-11)9-10-3-6-15(25-2)14(23)7-10/h3-8,23H,9H2,1-2H3,(H,21,26). The van der Waals surface area contributed by atoms with E-state index in [4.69, 9.17) is 17.0 Å². The van der Waals surface area contributed by atoms with Crippen LogP contribution in [0.5, 0.6) is 11.5 Å². The number of rotatable bonds is 4. The number of likely N-dealkylation sites (N-methyl/N-ethyl adjacent to an activating group) is 1. The lowest BCUT2D eigenvalue weighted by Gasteiger charge is -2.28. The summed E-state index contributed by atoms with van der Waals surface area (Å²) in [4.78, 5) is 14.4. The number of methoxy groups -OCH3 is 1. The summed E-state index contributed by atoms with van der Waals surface area (Å²) in [5.41, 5.74) is 0.0729. The van der Waals surface area contributed by atoms with E-state index < -0.39 is 11.4 Å². The maximum Gasteiger partial charge on any atom is 0.259 e. The summed E-state index contributed by atoms with van der Waals surface area (Å²) in [7, 11) is 3.05. The number of phenols is 1. The molecule has 136 valence electrons. The Bertz CT molecular complexity index is 908. The van der Waals surface area contributed by atoms with Crippen LogP contribution in [-0.4, -0.2) is 35.2 Å². The van der Waals surface area contributed by atoms with E-state index in [9.17, 15) is 14.3 Å². The molecule has 0 spiro atoms. The van der Waals surface area contributed by atoms with E-state index in [1.165, 1.54) is 24.1 Å². The summed E-state index contributed by atoms with van der Waals surface area (Å²) < 4.78 is 19.0. The van der Waals surface area contributed by atoms with Gasteiger partial charge < -0.3 is 15.2 Å². The number of aromatic hydroxyl groups is 1. The number of nitrogens with zero attached hydrogens (tertiary/aromatic N) is 1. The van der Waals surface area contributed by atoms with Gasteiger partial charge in [-0.15, -0.1) is 0 Å². The average Bonchev–Trinajstić information content (AvgIpc) is 2.82. The fourth-order valence-corrected chi connectivity index (χ4v) is 3.67. The molecule has 1 heterocycles.